The molecule has 1 unspecified atom stereocenters. The summed E-state index contributed by atoms with van der Waals surface area (Å²) in [5, 5.41) is 0. The highest BCUT2D eigenvalue weighted by molar-refractivity contribution is 8.22. The fourth-order valence-electron chi connectivity index (χ4n) is 1.95. The molecule has 0 fully saturated rings. The molecule has 104 valence electrons. The Morgan fingerprint density at radius 3 is 2.89 bits per heavy atom. The van der Waals surface area contributed by atoms with E-state index in [4.69, 9.17) is 21.7 Å². The normalized spacial score (nSPS) is 14.3. The minimum absolute atomic E-state index is 0.325. The van der Waals surface area contributed by atoms with Crippen molar-refractivity contribution in [2.45, 2.75) is 26.3 Å². The van der Waals surface area contributed by atoms with Crippen LogP contribution in [-0.4, -0.2) is 34.9 Å². The molecule has 19 heavy (non-hydrogen) atoms. The van der Waals surface area contributed by atoms with E-state index in [0.717, 1.165) is 28.0 Å². The monoisotopic (exact) mass is 297 g/mol. The maximum atomic E-state index is 5.40. The molecule has 1 aromatic carbocycles. The van der Waals surface area contributed by atoms with E-state index in [1.807, 2.05) is 6.07 Å². The highest BCUT2D eigenvalue weighted by atomic mass is 32.2. The van der Waals surface area contributed by atoms with E-state index in [-0.39, 0.29) is 0 Å². The smallest absolute Gasteiger partial charge is 0.231 e. The summed E-state index contributed by atoms with van der Waals surface area (Å²) in [6.45, 7) is 4.63. The SMILES string of the molecule is CCSC(=S)N(C)C(C)Cc1ccc2c(c1)OCO2. The van der Waals surface area contributed by atoms with Gasteiger partial charge in [0.25, 0.3) is 0 Å². The average molecular weight is 297 g/mol. The molecule has 0 bridgehead atoms. The third kappa shape index (κ3) is 3.54. The number of hydrogen-bond acceptors (Lipinski definition) is 4. The van der Waals surface area contributed by atoms with Crippen molar-refractivity contribution in [3.8, 4) is 11.5 Å². The molecule has 0 radical (unpaired) electrons. The molecule has 5 heteroatoms. The van der Waals surface area contributed by atoms with Gasteiger partial charge in [-0.1, -0.05) is 37.0 Å². The van der Waals surface area contributed by atoms with Crippen molar-refractivity contribution < 1.29 is 9.47 Å². The molecule has 0 amide bonds. The van der Waals surface area contributed by atoms with Crippen molar-refractivity contribution in [2.75, 3.05) is 19.6 Å². The van der Waals surface area contributed by atoms with Crippen LogP contribution in [-0.2, 0) is 6.42 Å². The quantitative estimate of drug-likeness (QED) is 0.793. The third-order valence-corrected chi connectivity index (χ3v) is 4.65. The van der Waals surface area contributed by atoms with Gasteiger partial charge < -0.3 is 14.4 Å². The summed E-state index contributed by atoms with van der Waals surface area (Å²) in [5.74, 6) is 2.69. The Morgan fingerprint density at radius 1 is 1.42 bits per heavy atom. The number of fused-ring (bicyclic) bond motifs is 1. The number of ether oxygens (including phenoxy) is 2. The van der Waals surface area contributed by atoms with E-state index >= 15 is 0 Å². The highest BCUT2D eigenvalue weighted by Crippen LogP contribution is 2.33. The maximum Gasteiger partial charge on any atom is 0.231 e. The van der Waals surface area contributed by atoms with Gasteiger partial charge in [-0.25, -0.2) is 0 Å². The molecule has 1 heterocycles. The van der Waals surface area contributed by atoms with Crippen molar-refractivity contribution in [2.24, 2.45) is 0 Å². The molecule has 0 aliphatic carbocycles. The number of nitrogens with zero attached hydrogens (tertiary/aromatic N) is 1. The highest BCUT2D eigenvalue weighted by Gasteiger charge is 2.16. The van der Waals surface area contributed by atoms with E-state index in [2.05, 4.69) is 37.9 Å². The van der Waals surface area contributed by atoms with Gasteiger partial charge in [-0.05, 0) is 36.8 Å². The number of thiocarbonyl (C=S) groups is 1. The van der Waals surface area contributed by atoms with Crippen LogP contribution in [0.15, 0.2) is 18.2 Å². The number of hydrogen-bond donors (Lipinski definition) is 0. The Balaban J connectivity index is 1.98. The minimum atomic E-state index is 0.325. The van der Waals surface area contributed by atoms with Gasteiger partial charge in [-0.3, -0.25) is 0 Å². The molecule has 1 aromatic rings. The molecule has 1 aliphatic heterocycles. The zero-order valence-electron chi connectivity index (χ0n) is 11.5. The van der Waals surface area contributed by atoms with E-state index in [1.165, 1.54) is 5.56 Å². The van der Waals surface area contributed by atoms with E-state index in [0.29, 0.717) is 12.8 Å². The minimum Gasteiger partial charge on any atom is -0.454 e. The Bertz CT molecular complexity index is 465. The van der Waals surface area contributed by atoms with Gasteiger partial charge in [-0.15, -0.1) is 0 Å². The molecule has 0 aromatic heterocycles. The number of rotatable bonds is 4. The average Bonchev–Trinajstić information content (AvgIpc) is 2.85. The third-order valence-electron chi connectivity index (χ3n) is 3.19. The van der Waals surface area contributed by atoms with Crippen LogP contribution < -0.4 is 9.47 Å². The fraction of sp³-hybridized carbons (Fsp3) is 0.500. The lowest BCUT2D eigenvalue weighted by molar-refractivity contribution is 0.174. The van der Waals surface area contributed by atoms with Crippen LogP contribution in [0, 0.1) is 0 Å². The first-order chi connectivity index (χ1) is 9.11. The van der Waals surface area contributed by atoms with Gasteiger partial charge in [-0.2, -0.15) is 0 Å². The topological polar surface area (TPSA) is 21.7 Å². The van der Waals surface area contributed by atoms with Gasteiger partial charge in [0.1, 0.15) is 4.32 Å². The van der Waals surface area contributed by atoms with Crippen LogP contribution >= 0.6 is 24.0 Å². The van der Waals surface area contributed by atoms with Gasteiger partial charge in [0.15, 0.2) is 11.5 Å². The number of likely N-dealkylation sites (N-methyl/N-ethyl adjacent to an activating group) is 1. The zero-order chi connectivity index (χ0) is 13.8. The number of thioether (sulfide) groups is 1. The van der Waals surface area contributed by atoms with Gasteiger partial charge in [0.2, 0.25) is 6.79 Å². The first kappa shape index (κ1) is 14.5. The summed E-state index contributed by atoms with van der Waals surface area (Å²) in [6, 6.07) is 6.49. The van der Waals surface area contributed by atoms with E-state index < -0.39 is 0 Å². The van der Waals surface area contributed by atoms with Crippen LogP contribution in [0.2, 0.25) is 0 Å². The van der Waals surface area contributed by atoms with Crippen LogP contribution in [0.4, 0.5) is 0 Å². The molecule has 0 N–H and O–H groups in total. The molecule has 3 nitrogen and oxygen atoms in total. The molecular weight excluding hydrogens is 278 g/mol. The lowest BCUT2D eigenvalue weighted by Gasteiger charge is -2.26. The second-order valence-corrected chi connectivity index (χ2v) is 6.45. The largest absolute Gasteiger partial charge is 0.454 e. The Morgan fingerprint density at radius 2 is 2.16 bits per heavy atom. The standard InChI is InChI=1S/C14H19NO2S2/c1-4-19-14(18)15(3)10(2)7-11-5-6-12-13(8-11)17-9-16-12/h5-6,8,10H,4,7,9H2,1-3H3. The summed E-state index contributed by atoms with van der Waals surface area (Å²) < 4.78 is 11.7. The van der Waals surface area contributed by atoms with Crippen LogP contribution in [0.3, 0.4) is 0 Å². The molecule has 2 rings (SSSR count). The van der Waals surface area contributed by atoms with Crippen molar-refractivity contribution in [1.82, 2.24) is 4.90 Å². The molecule has 0 saturated heterocycles. The van der Waals surface area contributed by atoms with E-state index in [1.54, 1.807) is 11.8 Å². The second kappa shape index (κ2) is 6.48. The van der Waals surface area contributed by atoms with Crippen molar-refractivity contribution in [1.29, 1.82) is 0 Å². The summed E-state index contributed by atoms with van der Waals surface area (Å²) in [5.41, 5.74) is 1.24. The maximum absolute atomic E-state index is 5.40. The summed E-state index contributed by atoms with van der Waals surface area (Å²) in [7, 11) is 2.06. The predicted octanol–water partition coefficient (Wildman–Crippen LogP) is 3.32. The van der Waals surface area contributed by atoms with E-state index in [9.17, 15) is 0 Å². The van der Waals surface area contributed by atoms with Gasteiger partial charge in [0, 0.05) is 13.1 Å². The fourth-order valence-corrected chi connectivity index (χ4v) is 3.12. The van der Waals surface area contributed by atoms with Crippen molar-refractivity contribution in [3.63, 3.8) is 0 Å². The van der Waals surface area contributed by atoms with Crippen molar-refractivity contribution >= 4 is 28.3 Å². The molecule has 1 atom stereocenters. The zero-order valence-corrected chi connectivity index (χ0v) is 13.1. The van der Waals surface area contributed by atoms with Gasteiger partial charge in [0.05, 0.1) is 0 Å². The summed E-state index contributed by atoms with van der Waals surface area (Å²) in [4.78, 5) is 2.16. The first-order valence-electron chi connectivity index (χ1n) is 6.40. The molecule has 0 saturated carbocycles. The van der Waals surface area contributed by atoms with Crippen LogP contribution in [0.25, 0.3) is 0 Å². The summed E-state index contributed by atoms with van der Waals surface area (Å²) >= 11 is 7.10. The van der Waals surface area contributed by atoms with Gasteiger partial charge >= 0.3 is 0 Å². The summed E-state index contributed by atoms with van der Waals surface area (Å²) in [6.07, 6.45) is 0.942. The lowest BCUT2D eigenvalue weighted by atomic mass is 10.1. The predicted molar refractivity (Wildman–Crippen MR) is 84.2 cm³/mol. The second-order valence-electron chi connectivity index (χ2n) is 4.55. The molecular formula is C14H19NO2S2. The number of benzene rings is 1. The Labute approximate surface area is 124 Å². The van der Waals surface area contributed by atoms with Crippen LogP contribution in [0.1, 0.15) is 19.4 Å². The lowest BCUT2D eigenvalue weighted by Crippen LogP contribution is -2.33. The Kier molecular flexibility index (Phi) is 4.93. The molecule has 1 aliphatic rings. The first-order valence-corrected chi connectivity index (χ1v) is 7.79. The van der Waals surface area contributed by atoms with Crippen LogP contribution in [0.5, 0.6) is 11.5 Å². The molecule has 0 spiro atoms. The van der Waals surface area contributed by atoms with Crippen molar-refractivity contribution in [3.05, 3.63) is 23.8 Å². The Hall–Kier alpha value is -0.940.